The summed E-state index contributed by atoms with van der Waals surface area (Å²) in [5.41, 5.74) is 1.02. The van der Waals surface area contributed by atoms with Gasteiger partial charge in [0.2, 0.25) is 0 Å². The highest BCUT2D eigenvalue weighted by atomic mass is 16.5. The molecular weight excluding hydrogens is 202 g/mol. The average Bonchev–Trinajstić information content (AvgIpc) is 2.36. The zero-order chi connectivity index (χ0) is 11.1. The molecule has 0 saturated carbocycles. The summed E-state index contributed by atoms with van der Waals surface area (Å²) < 4.78 is 1.06. The first-order chi connectivity index (χ1) is 7.79. The van der Waals surface area contributed by atoms with Crippen LogP contribution in [0.4, 0.5) is 0 Å². The number of hydrogen-bond acceptors (Lipinski definition) is 2. The second kappa shape index (κ2) is 3.10. The molecule has 78 valence electrons. The standard InChI is InChI=1S/C13H9NO2/c15-13-9-5-1-3-7-11(9)14(16)12-8-4-2-6-10(12)13/h1-8,16H. The zero-order valence-electron chi connectivity index (χ0n) is 8.42. The summed E-state index contributed by atoms with van der Waals surface area (Å²) in [4.78, 5) is 12.1. The van der Waals surface area contributed by atoms with Crippen molar-refractivity contribution in [1.82, 2.24) is 4.73 Å². The third-order valence-electron chi connectivity index (χ3n) is 2.75. The summed E-state index contributed by atoms with van der Waals surface area (Å²) >= 11 is 0. The maximum Gasteiger partial charge on any atom is 0.197 e. The highest BCUT2D eigenvalue weighted by Gasteiger charge is 2.08. The van der Waals surface area contributed by atoms with Gasteiger partial charge in [-0.15, -0.1) is 0 Å². The Morgan fingerprint density at radius 2 is 1.25 bits per heavy atom. The van der Waals surface area contributed by atoms with E-state index in [1.54, 1.807) is 48.5 Å². The smallest absolute Gasteiger partial charge is 0.197 e. The number of rotatable bonds is 0. The number of fused-ring (bicyclic) bond motifs is 2. The van der Waals surface area contributed by atoms with Gasteiger partial charge in [-0.25, -0.2) is 0 Å². The molecule has 0 aliphatic rings. The van der Waals surface area contributed by atoms with Gasteiger partial charge in [-0.05, 0) is 24.3 Å². The molecule has 3 heteroatoms. The van der Waals surface area contributed by atoms with Crippen LogP contribution in [0.3, 0.4) is 0 Å². The molecule has 16 heavy (non-hydrogen) atoms. The molecule has 0 amide bonds. The first kappa shape index (κ1) is 8.97. The zero-order valence-corrected chi connectivity index (χ0v) is 8.42. The Kier molecular flexibility index (Phi) is 1.74. The first-order valence-electron chi connectivity index (χ1n) is 5.01. The fraction of sp³-hybridized carbons (Fsp3) is 0. The van der Waals surface area contributed by atoms with Crippen LogP contribution in [0, 0.1) is 0 Å². The summed E-state index contributed by atoms with van der Waals surface area (Å²) in [5.74, 6) is 0. The van der Waals surface area contributed by atoms with E-state index >= 15 is 0 Å². The fourth-order valence-corrected chi connectivity index (χ4v) is 1.98. The second-order valence-corrected chi connectivity index (χ2v) is 3.68. The van der Waals surface area contributed by atoms with E-state index in [2.05, 4.69) is 0 Å². The van der Waals surface area contributed by atoms with Crippen molar-refractivity contribution >= 4 is 21.8 Å². The van der Waals surface area contributed by atoms with Gasteiger partial charge in [-0.3, -0.25) is 4.79 Å². The summed E-state index contributed by atoms with van der Waals surface area (Å²) in [7, 11) is 0. The molecule has 1 N–H and O–H groups in total. The van der Waals surface area contributed by atoms with E-state index < -0.39 is 0 Å². The molecule has 0 unspecified atom stereocenters. The summed E-state index contributed by atoms with van der Waals surface area (Å²) in [6.07, 6.45) is 0. The van der Waals surface area contributed by atoms with Crippen LogP contribution in [0.2, 0.25) is 0 Å². The Labute approximate surface area is 91.1 Å². The van der Waals surface area contributed by atoms with Gasteiger partial charge in [-0.2, -0.15) is 4.73 Å². The van der Waals surface area contributed by atoms with Crippen molar-refractivity contribution in [2.75, 3.05) is 0 Å². The van der Waals surface area contributed by atoms with Crippen molar-refractivity contribution in [2.45, 2.75) is 0 Å². The molecule has 3 aromatic rings. The van der Waals surface area contributed by atoms with E-state index in [-0.39, 0.29) is 5.43 Å². The van der Waals surface area contributed by atoms with E-state index in [1.165, 1.54) is 0 Å². The quantitative estimate of drug-likeness (QED) is 0.458. The topological polar surface area (TPSA) is 42.2 Å². The SMILES string of the molecule is O=c1c2ccccc2n(O)c2ccccc12. The molecule has 2 aromatic carbocycles. The van der Waals surface area contributed by atoms with Crippen molar-refractivity contribution in [1.29, 1.82) is 0 Å². The number of benzene rings is 2. The van der Waals surface area contributed by atoms with Crippen molar-refractivity contribution < 1.29 is 5.21 Å². The lowest BCUT2D eigenvalue weighted by atomic mass is 10.1. The molecule has 0 aliphatic carbocycles. The maximum absolute atomic E-state index is 12.1. The van der Waals surface area contributed by atoms with Crippen LogP contribution >= 0.6 is 0 Å². The van der Waals surface area contributed by atoms with Crippen LogP contribution in [0.1, 0.15) is 0 Å². The Bertz CT molecular complexity index is 684. The Balaban J connectivity index is 2.73. The second-order valence-electron chi connectivity index (χ2n) is 3.68. The third-order valence-corrected chi connectivity index (χ3v) is 2.75. The lowest BCUT2D eigenvalue weighted by Crippen LogP contribution is -2.09. The normalized spacial score (nSPS) is 11.0. The predicted octanol–water partition coefficient (Wildman–Crippen LogP) is 2.39. The van der Waals surface area contributed by atoms with E-state index in [9.17, 15) is 10.0 Å². The lowest BCUT2D eigenvalue weighted by molar-refractivity contribution is 0.211. The van der Waals surface area contributed by atoms with Crippen molar-refractivity contribution in [2.24, 2.45) is 0 Å². The number of hydrogen-bond donors (Lipinski definition) is 1. The first-order valence-corrected chi connectivity index (χ1v) is 5.01. The lowest BCUT2D eigenvalue weighted by Gasteiger charge is -2.07. The minimum atomic E-state index is -0.0449. The minimum Gasteiger partial charge on any atom is -0.428 e. The number of pyridine rings is 1. The van der Waals surface area contributed by atoms with Crippen LogP contribution in [0.25, 0.3) is 21.8 Å². The van der Waals surface area contributed by atoms with E-state index in [0.717, 1.165) is 4.73 Å². The van der Waals surface area contributed by atoms with Gasteiger partial charge in [-0.1, -0.05) is 24.3 Å². The van der Waals surface area contributed by atoms with E-state index in [0.29, 0.717) is 21.8 Å². The predicted molar refractivity (Wildman–Crippen MR) is 62.9 cm³/mol. The van der Waals surface area contributed by atoms with Crippen molar-refractivity contribution in [3.05, 3.63) is 58.8 Å². The number of nitrogens with zero attached hydrogens (tertiary/aromatic N) is 1. The summed E-state index contributed by atoms with van der Waals surface area (Å²) in [6.45, 7) is 0. The minimum absolute atomic E-state index is 0.0449. The summed E-state index contributed by atoms with van der Waals surface area (Å²) in [6, 6.07) is 14.1. The van der Waals surface area contributed by atoms with Crippen LogP contribution < -0.4 is 5.43 Å². The van der Waals surface area contributed by atoms with Crippen molar-refractivity contribution in [3.63, 3.8) is 0 Å². The highest BCUT2D eigenvalue weighted by molar-refractivity contribution is 5.92. The molecule has 3 rings (SSSR count). The largest absolute Gasteiger partial charge is 0.428 e. The molecule has 0 atom stereocenters. The molecule has 0 aliphatic heterocycles. The highest BCUT2D eigenvalue weighted by Crippen LogP contribution is 2.16. The fourth-order valence-electron chi connectivity index (χ4n) is 1.98. The van der Waals surface area contributed by atoms with Crippen LogP contribution in [0.5, 0.6) is 0 Å². The van der Waals surface area contributed by atoms with Gasteiger partial charge in [0.25, 0.3) is 0 Å². The van der Waals surface area contributed by atoms with Crippen LogP contribution in [0.15, 0.2) is 53.3 Å². The van der Waals surface area contributed by atoms with Gasteiger partial charge >= 0.3 is 0 Å². The van der Waals surface area contributed by atoms with E-state index in [4.69, 9.17) is 0 Å². The van der Waals surface area contributed by atoms with Crippen molar-refractivity contribution in [3.8, 4) is 0 Å². The molecule has 0 spiro atoms. The summed E-state index contributed by atoms with van der Waals surface area (Å²) in [5, 5.41) is 11.1. The maximum atomic E-state index is 12.1. The van der Waals surface area contributed by atoms with Gasteiger partial charge in [0.1, 0.15) is 0 Å². The molecule has 0 bridgehead atoms. The van der Waals surface area contributed by atoms with Crippen LogP contribution in [-0.4, -0.2) is 9.94 Å². The third kappa shape index (κ3) is 1.05. The molecule has 1 heterocycles. The van der Waals surface area contributed by atoms with Crippen LogP contribution in [-0.2, 0) is 0 Å². The number of aromatic nitrogens is 1. The Morgan fingerprint density at radius 3 is 1.75 bits per heavy atom. The molecular formula is C13H9NO2. The Morgan fingerprint density at radius 1 is 0.812 bits per heavy atom. The Hall–Kier alpha value is -2.29. The van der Waals surface area contributed by atoms with Gasteiger partial charge in [0.15, 0.2) is 5.43 Å². The molecule has 0 radical (unpaired) electrons. The molecule has 0 fully saturated rings. The average molecular weight is 211 g/mol. The van der Waals surface area contributed by atoms with Gasteiger partial charge in [0, 0.05) is 10.8 Å². The molecule has 0 saturated heterocycles. The monoisotopic (exact) mass is 211 g/mol. The molecule has 3 nitrogen and oxygen atoms in total. The van der Waals surface area contributed by atoms with Gasteiger partial charge < -0.3 is 5.21 Å². The molecule has 1 aromatic heterocycles. The number of para-hydroxylation sites is 2. The van der Waals surface area contributed by atoms with E-state index in [1.807, 2.05) is 0 Å². The van der Waals surface area contributed by atoms with Gasteiger partial charge in [0.05, 0.1) is 11.0 Å².